The standard InChI is InChI=1S/C62H102O6/c1-4-7-10-13-16-19-22-25-28-31-34-37-40-43-46-49-52-55-61(64)67-58-59(57-66-60(63)54-51-48-45-42-39-36-33-30-27-24-21-18-15-12-9-6-3)68-62(65)56-53-50-47-44-41-38-35-32-29-26-23-20-17-14-11-8-5-2/h7-8,10-11,16-17,19-20,25-26,28-30,33-35,37-38,59H,4-6,9,12-15,18,21-24,27,31-32,36,39-58H2,1-3H3/b10-7-,11-8-,19-16-,20-17-,28-25-,29-26-,33-30-,37-34-,38-35-. The molecule has 6 heteroatoms. The fourth-order valence-corrected chi connectivity index (χ4v) is 7.36. The lowest BCUT2D eigenvalue weighted by molar-refractivity contribution is -0.167. The Balaban J connectivity index is 4.50. The van der Waals surface area contributed by atoms with Gasteiger partial charge >= 0.3 is 17.9 Å². The summed E-state index contributed by atoms with van der Waals surface area (Å²) in [7, 11) is 0. The van der Waals surface area contributed by atoms with Crippen LogP contribution in [0.2, 0.25) is 0 Å². The summed E-state index contributed by atoms with van der Waals surface area (Å²) in [5.74, 6) is -0.959. The molecular weight excluding hydrogens is 841 g/mol. The Morgan fingerprint density at radius 2 is 0.574 bits per heavy atom. The minimum Gasteiger partial charge on any atom is -0.462 e. The SMILES string of the molecule is CC/C=C\C/C=C\C/C=C\C/C=C\CCCCCCC(=O)OCC(COC(=O)CCCCCCC/C=C\CCCCCCCCC)OC(=O)CCCCCC/C=C\C/C=C\C/C=C\C/C=C\CC. The molecular formula is C62H102O6. The Morgan fingerprint density at radius 1 is 0.309 bits per heavy atom. The van der Waals surface area contributed by atoms with Crippen molar-refractivity contribution in [2.45, 2.75) is 252 Å². The minimum atomic E-state index is -0.807. The van der Waals surface area contributed by atoms with Crippen molar-refractivity contribution in [3.63, 3.8) is 0 Å². The summed E-state index contributed by atoms with van der Waals surface area (Å²) in [5.41, 5.74) is 0. The molecule has 0 bridgehead atoms. The van der Waals surface area contributed by atoms with Crippen LogP contribution in [-0.2, 0) is 28.6 Å². The van der Waals surface area contributed by atoms with Crippen molar-refractivity contribution < 1.29 is 28.6 Å². The Kier molecular flexibility index (Phi) is 52.4. The van der Waals surface area contributed by atoms with Gasteiger partial charge in [-0.25, -0.2) is 0 Å². The molecule has 0 spiro atoms. The molecule has 0 fully saturated rings. The smallest absolute Gasteiger partial charge is 0.306 e. The zero-order chi connectivity index (χ0) is 49.3. The molecule has 0 aromatic rings. The summed E-state index contributed by atoms with van der Waals surface area (Å²) in [4.78, 5) is 38.1. The van der Waals surface area contributed by atoms with Crippen molar-refractivity contribution in [1.29, 1.82) is 0 Å². The van der Waals surface area contributed by atoms with Crippen LogP contribution in [0.15, 0.2) is 109 Å². The lowest BCUT2D eigenvalue weighted by atomic mass is 10.1. The van der Waals surface area contributed by atoms with Gasteiger partial charge in [0.25, 0.3) is 0 Å². The van der Waals surface area contributed by atoms with E-state index in [-0.39, 0.29) is 37.5 Å². The number of unbranched alkanes of at least 4 members (excludes halogenated alkanes) is 20. The van der Waals surface area contributed by atoms with Crippen LogP contribution in [0.3, 0.4) is 0 Å². The van der Waals surface area contributed by atoms with Crippen LogP contribution in [0.4, 0.5) is 0 Å². The molecule has 0 radical (unpaired) electrons. The van der Waals surface area contributed by atoms with Crippen LogP contribution in [0.1, 0.15) is 245 Å². The second-order valence-electron chi connectivity index (χ2n) is 18.1. The van der Waals surface area contributed by atoms with Gasteiger partial charge in [0.2, 0.25) is 0 Å². The van der Waals surface area contributed by atoms with Crippen LogP contribution in [0.5, 0.6) is 0 Å². The molecule has 0 aliphatic carbocycles. The Bertz CT molecular complexity index is 1410. The van der Waals surface area contributed by atoms with Crippen molar-refractivity contribution in [3.8, 4) is 0 Å². The number of rotatable bonds is 49. The highest BCUT2D eigenvalue weighted by molar-refractivity contribution is 5.71. The molecule has 0 aromatic carbocycles. The lowest BCUT2D eigenvalue weighted by Gasteiger charge is -2.18. The lowest BCUT2D eigenvalue weighted by Crippen LogP contribution is -2.30. The van der Waals surface area contributed by atoms with Crippen molar-refractivity contribution in [1.82, 2.24) is 0 Å². The Hall–Kier alpha value is -3.93. The van der Waals surface area contributed by atoms with Crippen LogP contribution >= 0.6 is 0 Å². The predicted octanol–water partition coefficient (Wildman–Crippen LogP) is 18.7. The third kappa shape index (κ3) is 53.0. The van der Waals surface area contributed by atoms with Crippen molar-refractivity contribution in [2.24, 2.45) is 0 Å². The number of esters is 3. The third-order valence-corrected chi connectivity index (χ3v) is 11.5. The highest BCUT2D eigenvalue weighted by Gasteiger charge is 2.19. The molecule has 0 amide bonds. The summed E-state index contributed by atoms with van der Waals surface area (Å²) in [6.07, 6.45) is 75.0. The fraction of sp³-hybridized carbons (Fsp3) is 0.661. The first-order valence-electron chi connectivity index (χ1n) is 27.9. The number of allylic oxidation sites excluding steroid dienone is 18. The average molecular weight is 943 g/mol. The first kappa shape index (κ1) is 64.1. The minimum absolute atomic E-state index is 0.102. The van der Waals surface area contributed by atoms with Gasteiger partial charge in [-0.1, -0.05) is 214 Å². The number of carbonyl (C=O) groups is 3. The molecule has 1 unspecified atom stereocenters. The van der Waals surface area contributed by atoms with E-state index in [1.165, 1.54) is 57.8 Å². The number of hydrogen-bond acceptors (Lipinski definition) is 6. The second-order valence-corrected chi connectivity index (χ2v) is 18.1. The summed E-state index contributed by atoms with van der Waals surface area (Å²) >= 11 is 0. The Labute approximate surface area is 419 Å². The van der Waals surface area contributed by atoms with E-state index in [9.17, 15) is 14.4 Å². The molecule has 0 saturated heterocycles. The van der Waals surface area contributed by atoms with E-state index in [0.29, 0.717) is 12.8 Å². The maximum Gasteiger partial charge on any atom is 0.306 e. The van der Waals surface area contributed by atoms with Gasteiger partial charge in [0.15, 0.2) is 6.10 Å². The topological polar surface area (TPSA) is 78.9 Å². The van der Waals surface area contributed by atoms with E-state index in [4.69, 9.17) is 14.2 Å². The van der Waals surface area contributed by atoms with Crippen molar-refractivity contribution >= 4 is 17.9 Å². The molecule has 1 atom stereocenters. The van der Waals surface area contributed by atoms with Gasteiger partial charge in [0.1, 0.15) is 13.2 Å². The summed E-state index contributed by atoms with van der Waals surface area (Å²) in [6, 6.07) is 0. The molecule has 0 aliphatic heterocycles. The molecule has 0 aliphatic rings. The molecule has 386 valence electrons. The van der Waals surface area contributed by atoms with Crippen LogP contribution in [-0.4, -0.2) is 37.2 Å². The molecule has 0 aromatic heterocycles. The maximum absolute atomic E-state index is 12.8. The zero-order valence-corrected chi connectivity index (χ0v) is 44.1. The zero-order valence-electron chi connectivity index (χ0n) is 44.1. The number of carbonyl (C=O) groups excluding carboxylic acids is 3. The van der Waals surface area contributed by atoms with E-state index >= 15 is 0 Å². The predicted molar refractivity (Wildman–Crippen MR) is 293 cm³/mol. The van der Waals surface area contributed by atoms with Crippen molar-refractivity contribution in [2.75, 3.05) is 13.2 Å². The van der Waals surface area contributed by atoms with Gasteiger partial charge in [-0.15, -0.1) is 0 Å². The highest BCUT2D eigenvalue weighted by Crippen LogP contribution is 2.13. The van der Waals surface area contributed by atoms with E-state index in [1.807, 2.05) is 0 Å². The molecule has 0 N–H and O–H groups in total. The van der Waals surface area contributed by atoms with Crippen molar-refractivity contribution in [3.05, 3.63) is 109 Å². The van der Waals surface area contributed by atoms with Gasteiger partial charge in [-0.3, -0.25) is 14.4 Å². The Morgan fingerprint density at radius 3 is 0.912 bits per heavy atom. The number of hydrogen-bond donors (Lipinski definition) is 0. The van der Waals surface area contributed by atoms with Gasteiger partial charge < -0.3 is 14.2 Å². The average Bonchev–Trinajstić information content (AvgIpc) is 3.34. The summed E-state index contributed by atoms with van der Waals surface area (Å²) < 4.78 is 16.8. The largest absolute Gasteiger partial charge is 0.462 e. The van der Waals surface area contributed by atoms with Crippen LogP contribution in [0.25, 0.3) is 0 Å². The summed E-state index contributed by atoms with van der Waals surface area (Å²) in [5, 5.41) is 0. The van der Waals surface area contributed by atoms with E-state index in [2.05, 4.69) is 130 Å². The summed E-state index contributed by atoms with van der Waals surface area (Å²) in [6.45, 7) is 6.36. The van der Waals surface area contributed by atoms with Gasteiger partial charge in [-0.05, 0) is 122 Å². The molecule has 0 saturated carbocycles. The quantitative estimate of drug-likeness (QED) is 0.0262. The molecule has 6 nitrogen and oxygen atoms in total. The second kappa shape index (κ2) is 55.7. The maximum atomic E-state index is 12.8. The van der Waals surface area contributed by atoms with Gasteiger partial charge in [0, 0.05) is 19.3 Å². The number of ether oxygens (including phenoxy) is 3. The monoisotopic (exact) mass is 943 g/mol. The first-order chi connectivity index (χ1) is 33.5. The van der Waals surface area contributed by atoms with Crippen LogP contribution < -0.4 is 0 Å². The van der Waals surface area contributed by atoms with Crippen LogP contribution in [0, 0.1) is 0 Å². The molecule has 0 heterocycles. The van der Waals surface area contributed by atoms with E-state index in [1.54, 1.807) is 0 Å². The van der Waals surface area contributed by atoms with Gasteiger partial charge in [-0.2, -0.15) is 0 Å². The molecule has 0 rings (SSSR count). The van der Waals surface area contributed by atoms with Gasteiger partial charge in [0.05, 0.1) is 0 Å². The van der Waals surface area contributed by atoms with E-state index in [0.717, 1.165) is 148 Å². The first-order valence-corrected chi connectivity index (χ1v) is 27.9. The highest BCUT2D eigenvalue weighted by atomic mass is 16.6. The fourth-order valence-electron chi connectivity index (χ4n) is 7.36. The molecule has 68 heavy (non-hydrogen) atoms. The third-order valence-electron chi connectivity index (χ3n) is 11.5. The normalized spacial score (nSPS) is 12.9. The van der Waals surface area contributed by atoms with E-state index < -0.39 is 6.10 Å².